The zero-order valence-electron chi connectivity index (χ0n) is 12.7. The molecule has 1 aromatic carbocycles. The topological polar surface area (TPSA) is 63.6 Å². The summed E-state index contributed by atoms with van der Waals surface area (Å²) in [6.45, 7) is 0.840. The summed E-state index contributed by atoms with van der Waals surface area (Å²) in [6.07, 6.45) is 2.60. The van der Waals surface area contributed by atoms with E-state index < -0.39 is 0 Å². The van der Waals surface area contributed by atoms with Crippen molar-refractivity contribution in [3.05, 3.63) is 54.2 Å². The first-order valence-corrected chi connectivity index (χ1v) is 7.31. The second kappa shape index (κ2) is 9.02. The number of aromatic nitrogens is 1. The lowest BCUT2D eigenvalue weighted by Crippen LogP contribution is -2.27. The molecule has 1 unspecified atom stereocenters. The quantitative estimate of drug-likeness (QED) is 0.743. The summed E-state index contributed by atoms with van der Waals surface area (Å²) in [7, 11) is 1.70. The molecule has 0 spiro atoms. The second-order valence-electron chi connectivity index (χ2n) is 4.94. The lowest BCUT2D eigenvalue weighted by atomic mass is 10.1. The van der Waals surface area contributed by atoms with E-state index in [4.69, 9.17) is 14.6 Å². The minimum Gasteiger partial charge on any atom is -0.475 e. The van der Waals surface area contributed by atoms with Gasteiger partial charge in [0.25, 0.3) is 0 Å². The molecule has 2 aromatic rings. The van der Waals surface area contributed by atoms with Crippen molar-refractivity contribution in [3.63, 3.8) is 0 Å². The molecule has 0 aliphatic carbocycles. The average molecular weight is 302 g/mol. The van der Waals surface area contributed by atoms with Crippen LogP contribution in [0.2, 0.25) is 0 Å². The third kappa shape index (κ3) is 5.35. The molecule has 1 atom stereocenters. The van der Waals surface area contributed by atoms with Gasteiger partial charge in [-0.1, -0.05) is 30.3 Å². The van der Waals surface area contributed by atoms with Gasteiger partial charge in [-0.2, -0.15) is 0 Å². The van der Waals surface area contributed by atoms with Crippen molar-refractivity contribution in [1.82, 2.24) is 4.98 Å². The Bertz CT molecular complexity index is 531. The Hall–Kier alpha value is -2.11. The molecule has 118 valence electrons. The van der Waals surface area contributed by atoms with Crippen molar-refractivity contribution in [2.75, 3.05) is 32.2 Å². The molecule has 1 aromatic heterocycles. The van der Waals surface area contributed by atoms with Crippen LogP contribution in [0.1, 0.15) is 5.56 Å². The van der Waals surface area contributed by atoms with Gasteiger partial charge in [-0.15, -0.1) is 0 Å². The van der Waals surface area contributed by atoms with Crippen molar-refractivity contribution in [2.45, 2.75) is 12.5 Å². The Balaban J connectivity index is 1.95. The molecule has 2 N–H and O–H groups in total. The molecule has 5 heteroatoms. The van der Waals surface area contributed by atoms with E-state index in [2.05, 4.69) is 22.4 Å². The molecule has 0 bridgehead atoms. The summed E-state index contributed by atoms with van der Waals surface area (Å²) in [5.74, 6) is 0.506. The number of aliphatic hydroxyl groups excluding tert-OH is 1. The van der Waals surface area contributed by atoms with Gasteiger partial charge in [-0.3, -0.25) is 0 Å². The minimum atomic E-state index is -0.0192. The Morgan fingerprint density at radius 1 is 1.18 bits per heavy atom. The van der Waals surface area contributed by atoms with E-state index in [1.807, 2.05) is 24.3 Å². The molecule has 0 amide bonds. The summed E-state index contributed by atoms with van der Waals surface area (Å²) in [5.41, 5.74) is 2.17. The fraction of sp³-hybridized carbons (Fsp3) is 0.353. The van der Waals surface area contributed by atoms with Gasteiger partial charge in [-0.05, 0) is 18.1 Å². The fourth-order valence-electron chi connectivity index (χ4n) is 2.19. The van der Waals surface area contributed by atoms with Crippen molar-refractivity contribution in [3.8, 4) is 5.88 Å². The lowest BCUT2D eigenvalue weighted by Gasteiger charge is -2.19. The van der Waals surface area contributed by atoms with E-state index in [9.17, 15) is 0 Å². The van der Waals surface area contributed by atoms with E-state index in [0.717, 1.165) is 12.1 Å². The monoisotopic (exact) mass is 302 g/mol. The van der Waals surface area contributed by atoms with Crippen LogP contribution in [-0.2, 0) is 11.2 Å². The van der Waals surface area contributed by atoms with E-state index in [0.29, 0.717) is 12.5 Å². The Morgan fingerprint density at radius 2 is 2.00 bits per heavy atom. The molecule has 1 heterocycles. The van der Waals surface area contributed by atoms with Crippen LogP contribution < -0.4 is 10.1 Å². The van der Waals surface area contributed by atoms with Crippen molar-refractivity contribution >= 4 is 5.69 Å². The number of hydrogen-bond donors (Lipinski definition) is 2. The van der Waals surface area contributed by atoms with Gasteiger partial charge in [-0.25, -0.2) is 4.98 Å². The third-order valence-electron chi connectivity index (χ3n) is 3.14. The first kappa shape index (κ1) is 16.3. The minimum absolute atomic E-state index is 0.0192. The van der Waals surface area contributed by atoms with E-state index >= 15 is 0 Å². The highest BCUT2D eigenvalue weighted by Crippen LogP contribution is 2.14. The highest BCUT2D eigenvalue weighted by Gasteiger charge is 2.10. The summed E-state index contributed by atoms with van der Waals surface area (Å²) in [5, 5.41) is 12.1. The van der Waals surface area contributed by atoms with Crippen molar-refractivity contribution < 1.29 is 14.6 Å². The first-order chi connectivity index (χ1) is 10.8. The van der Waals surface area contributed by atoms with E-state index in [1.54, 1.807) is 19.4 Å². The number of pyridine rings is 1. The smallest absolute Gasteiger partial charge is 0.213 e. The number of nitrogens with one attached hydrogen (secondary N) is 1. The van der Waals surface area contributed by atoms with Crippen LogP contribution in [0.3, 0.4) is 0 Å². The van der Waals surface area contributed by atoms with Gasteiger partial charge in [0, 0.05) is 13.2 Å². The largest absolute Gasteiger partial charge is 0.475 e. The number of hydrogen-bond acceptors (Lipinski definition) is 5. The first-order valence-electron chi connectivity index (χ1n) is 7.31. The Morgan fingerprint density at radius 3 is 2.64 bits per heavy atom. The van der Waals surface area contributed by atoms with Crippen LogP contribution in [0.4, 0.5) is 5.69 Å². The number of rotatable bonds is 9. The maximum atomic E-state index is 8.72. The highest BCUT2D eigenvalue weighted by atomic mass is 16.5. The molecule has 0 fully saturated rings. The highest BCUT2D eigenvalue weighted by molar-refractivity contribution is 5.43. The van der Waals surface area contributed by atoms with Crippen LogP contribution in [0.15, 0.2) is 48.7 Å². The van der Waals surface area contributed by atoms with Gasteiger partial charge >= 0.3 is 0 Å². The predicted octanol–water partition coefficient (Wildman–Crippen LogP) is 2.12. The van der Waals surface area contributed by atoms with Crippen LogP contribution >= 0.6 is 0 Å². The number of nitrogens with zero attached hydrogens (tertiary/aromatic N) is 1. The molecule has 22 heavy (non-hydrogen) atoms. The van der Waals surface area contributed by atoms with Crippen LogP contribution in [0.25, 0.3) is 0 Å². The number of benzene rings is 1. The van der Waals surface area contributed by atoms with Gasteiger partial charge in [0.15, 0.2) is 0 Å². The van der Waals surface area contributed by atoms with Crippen molar-refractivity contribution in [1.29, 1.82) is 0 Å². The molecular weight excluding hydrogens is 280 g/mol. The SMILES string of the molecule is COCC(Cc1ccccc1)Nc1ccc(OCCO)nc1. The average Bonchev–Trinajstić information content (AvgIpc) is 2.55. The molecule has 2 rings (SSSR count). The number of ether oxygens (including phenoxy) is 2. The van der Waals surface area contributed by atoms with E-state index in [1.165, 1.54) is 5.56 Å². The zero-order valence-corrected chi connectivity index (χ0v) is 12.7. The number of anilines is 1. The summed E-state index contributed by atoms with van der Waals surface area (Å²) in [4.78, 5) is 4.20. The molecule has 0 aliphatic rings. The van der Waals surface area contributed by atoms with Gasteiger partial charge in [0.2, 0.25) is 5.88 Å². The summed E-state index contributed by atoms with van der Waals surface area (Å²) in [6, 6.07) is 14.2. The molecule has 0 aliphatic heterocycles. The second-order valence-corrected chi connectivity index (χ2v) is 4.94. The number of aliphatic hydroxyl groups is 1. The van der Waals surface area contributed by atoms with Crippen molar-refractivity contribution in [2.24, 2.45) is 0 Å². The van der Waals surface area contributed by atoms with Gasteiger partial charge < -0.3 is 19.9 Å². The Labute approximate surface area is 130 Å². The summed E-state index contributed by atoms with van der Waals surface area (Å²) >= 11 is 0. The van der Waals surface area contributed by atoms with Gasteiger partial charge in [0.05, 0.1) is 31.1 Å². The molecular formula is C17H22N2O3. The predicted molar refractivity (Wildman–Crippen MR) is 86.3 cm³/mol. The third-order valence-corrected chi connectivity index (χ3v) is 3.14. The molecule has 0 saturated heterocycles. The fourth-order valence-corrected chi connectivity index (χ4v) is 2.19. The zero-order chi connectivity index (χ0) is 15.6. The van der Waals surface area contributed by atoms with E-state index in [-0.39, 0.29) is 19.3 Å². The van der Waals surface area contributed by atoms with Crippen LogP contribution in [0.5, 0.6) is 5.88 Å². The lowest BCUT2D eigenvalue weighted by molar-refractivity contribution is 0.185. The normalized spacial score (nSPS) is 11.9. The standard InChI is InChI=1S/C17H22N2O3/c1-21-13-16(11-14-5-3-2-4-6-14)19-15-7-8-17(18-12-15)22-10-9-20/h2-8,12,16,19-20H,9-11,13H2,1H3. The van der Waals surface area contributed by atoms with Crippen LogP contribution in [-0.4, -0.2) is 43.1 Å². The number of methoxy groups -OCH3 is 1. The van der Waals surface area contributed by atoms with Crippen LogP contribution in [0, 0.1) is 0 Å². The maximum absolute atomic E-state index is 8.72. The maximum Gasteiger partial charge on any atom is 0.213 e. The molecule has 0 radical (unpaired) electrons. The molecule has 0 saturated carbocycles. The molecule has 5 nitrogen and oxygen atoms in total. The summed E-state index contributed by atoms with van der Waals surface area (Å²) < 4.78 is 10.5. The Kier molecular flexibility index (Phi) is 6.67. The van der Waals surface area contributed by atoms with Gasteiger partial charge in [0.1, 0.15) is 6.61 Å².